The second kappa shape index (κ2) is 9.67. The summed E-state index contributed by atoms with van der Waals surface area (Å²) in [5, 5.41) is 14.6. The van der Waals surface area contributed by atoms with Gasteiger partial charge in [0.1, 0.15) is 5.69 Å². The molecule has 36 heavy (non-hydrogen) atoms. The highest BCUT2D eigenvalue weighted by atomic mass is 35.5. The number of aryl methyl sites for hydroxylation is 1. The molecule has 5 heterocycles. The van der Waals surface area contributed by atoms with E-state index in [0.717, 1.165) is 42.1 Å². The Bertz CT molecular complexity index is 1440. The van der Waals surface area contributed by atoms with Crippen molar-refractivity contribution in [1.82, 2.24) is 29.7 Å². The fraction of sp³-hybridized carbons (Fsp3) is 0.480. The Hall–Kier alpha value is -3.24. The molecule has 0 amide bonds. The van der Waals surface area contributed by atoms with Crippen molar-refractivity contribution >= 4 is 28.6 Å². The largest absolute Gasteiger partial charge is 0.439 e. The van der Waals surface area contributed by atoms with Crippen LogP contribution in [0.5, 0.6) is 0 Å². The smallest absolute Gasteiger partial charge is 0.391 e. The summed E-state index contributed by atoms with van der Waals surface area (Å²) in [6.07, 6.45) is 11.1. The number of β-amino-alcohol motifs (C(OH)–C–C–N with tert-alkyl or cyclic N) is 1. The quantitative estimate of drug-likeness (QED) is 0.399. The molecule has 4 aromatic heterocycles. The van der Waals surface area contributed by atoms with Gasteiger partial charge in [0, 0.05) is 37.6 Å². The number of anilines is 1. The zero-order chi connectivity index (χ0) is 24.6. The van der Waals surface area contributed by atoms with E-state index in [1.54, 1.807) is 12.4 Å². The molecule has 188 valence electrons. The van der Waals surface area contributed by atoms with Crippen molar-refractivity contribution in [3.8, 4) is 22.8 Å². The van der Waals surface area contributed by atoms with Gasteiger partial charge in [-0.2, -0.15) is 0 Å². The van der Waals surface area contributed by atoms with Gasteiger partial charge in [0.15, 0.2) is 0 Å². The molecule has 6 rings (SSSR count). The van der Waals surface area contributed by atoms with E-state index in [9.17, 15) is 9.90 Å². The molecule has 1 saturated carbocycles. The molecule has 1 atom stereocenters. The highest BCUT2D eigenvalue weighted by Crippen LogP contribution is 2.36. The van der Waals surface area contributed by atoms with Gasteiger partial charge in [-0.15, -0.1) is 0 Å². The Labute approximate surface area is 212 Å². The summed E-state index contributed by atoms with van der Waals surface area (Å²) in [6.45, 7) is 2.07. The van der Waals surface area contributed by atoms with E-state index in [1.807, 2.05) is 12.1 Å². The highest BCUT2D eigenvalue weighted by Gasteiger charge is 2.28. The van der Waals surface area contributed by atoms with Crippen LogP contribution in [0.1, 0.15) is 44.9 Å². The van der Waals surface area contributed by atoms with Crippen molar-refractivity contribution in [3.63, 3.8) is 0 Å². The first-order chi connectivity index (χ1) is 17.5. The number of fused-ring (bicyclic) bond motifs is 1. The Kier molecular flexibility index (Phi) is 6.22. The monoisotopic (exact) mass is 509 g/mol. The number of hydrogen-bond donors (Lipinski definition) is 2. The van der Waals surface area contributed by atoms with Crippen molar-refractivity contribution in [2.75, 3.05) is 18.0 Å². The van der Waals surface area contributed by atoms with E-state index in [0.29, 0.717) is 35.3 Å². The molecule has 1 aliphatic heterocycles. The van der Waals surface area contributed by atoms with Crippen molar-refractivity contribution in [2.45, 2.75) is 57.6 Å². The standard InChI is InChI=1S/C25H28ClN7O3/c26-17-10-16(12-27-13-17)21-22-19(11-20(28-21)23-30-25(35)36-31-23)29-24(32-8-7-18(34)14-32)33(22)9-6-15-4-2-1-3-5-15/h10-13,15,18,34H,1-9,14H2,(H,30,31,35). The van der Waals surface area contributed by atoms with Gasteiger partial charge in [-0.3, -0.25) is 14.5 Å². The molecular formula is C25H28ClN7O3. The first-order valence-corrected chi connectivity index (χ1v) is 12.9. The lowest BCUT2D eigenvalue weighted by Crippen LogP contribution is -2.25. The molecule has 4 aromatic rings. The summed E-state index contributed by atoms with van der Waals surface area (Å²) in [5.74, 6) is 1.09. The van der Waals surface area contributed by atoms with Gasteiger partial charge >= 0.3 is 5.76 Å². The molecule has 11 heteroatoms. The maximum atomic E-state index is 11.6. The van der Waals surface area contributed by atoms with Gasteiger partial charge in [0.05, 0.1) is 27.9 Å². The molecule has 2 N–H and O–H groups in total. The van der Waals surface area contributed by atoms with Crippen LogP contribution in [0.15, 0.2) is 33.8 Å². The number of aliphatic hydroxyl groups excluding tert-OH is 1. The summed E-state index contributed by atoms with van der Waals surface area (Å²) in [6, 6.07) is 3.64. The summed E-state index contributed by atoms with van der Waals surface area (Å²) in [4.78, 5) is 30.6. The normalized spacial score (nSPS) is 18.9. The fourth-order valence-electron chi connectivity index (χ4n) is 5.51. The van der Waals surface area contributed by atoms with E-state index >= 15 is 0 Å². The number of halogens is 1. The number of pyridine rings is 2. The second-order valence-electron chi connectivity index (χ2n) is 9.80. The average Bonchev–Trinajstić information content (AvgIpc) is 3.61. The van der Waals surface area contributed by atoms with Crippen molar-refractivity contribution in [3.05, 3.63) is 40.1 Å². The molecule has 0 aromatic carbocycles. The summed E-state index contributed by atoms with van der Waals surface area (Å²) in [5.41, 5.74) is 3.43. The number of aromatic amines is 1. The predicted molar refractivity (Wildman–Crippen MR) is 136 cm³/mol. The number of nitrogens with one attached hydrogen (secondary N) is 1. The third-order valence-corrected chi connectivity index (χ3v) is 7.50. The molecule has 2 aliphatic rings. The second-order valence-corrected chi connectivity index (χ2v) is 10.2. The van der Waals surface area contributed by atoms with Gasteiger partial charge in [0.25, 0.3) is 0 Å². The third-order valence-electron chi connectivity index (χ3n) is 7.30. The minimum Gasteiger partial charge on any atom is -0.391 e. The van der Waals surface area contributed by atoms with E-state index in [4.69, 9.17) is 26.1 Å². The van der Waals surface area contributed by atoms with Crippen molar-refractivity contribution < 1.29 is 9.63 Å². The number of imidazole rings is 1. The average molecular weight is 510 g/mol. The summed E-state index contributed by atoms with van der Waals surface area (Å²) >= 11 is 6.31. The Balaban J connectivity index is 1.53. The van der Waals surface area contributed by atoms with Gasteiger partial charge in [-0.1, -0.05) is 48.9 Å². The van der Waals surface area contributed by atoms with Crippen LogP contribution in [0.3, 0.4) is 0 Å². The molecule has 10 nitrogen and oxygen atoms in total. The van der Waals surface area contributed by atoms with Crippen LogP contribution in [0.2, 0.25) is 5.02 Å². The van der Waals surface area contributed by atoms with Crippen LogP contribution in [0.25, 0.3) is 33.8 Å². The number of aromatic nitrogens is 6. The highest BCUT2D eigenvalue weighted by molar-refractivity contribution is 6.30. The predicted octanol–water partition coefficient (Wildman–Crippen LogP) is 4.03. The van der Waals surface area contributed by atoms with E-state index < -0.39 is 5.76 Å². The number of rotatable bonds is 6. The molecule has 0 bridgehead atoms. The lowest BCUT2D eigenvalue weighted by Gasteiger charge is -2.24. The Morgan fingerprint density at radius 2 is 2.00 bits per heavy atom. The molecule has 0 spiro atoms. The molecule has 0 radical (unpaired) electrons. The Morgan fingerprint density at radius 1 is 1.14 bits per heavy atom. The first kappa shape index (κ1) is 23.2. The number of aliphatic hydroxyl groups is 1. The third kappa shape index (κ3) is 4.51. The SMILES string of the molecule is O=c1[nH]c(-c2cc3nc(N4CCC(O)C4)n(CCC4CCCCC4)c3c(-c3cncc(Cl)c3)n2)no1. The van der Waals surface area contributed by atoms with E-state index in [2.05, 4.69) is 24.6 Å². The number of H-pyrrole nitrogens is 1. The molecular weight excluding hydrogens is 482 g/mol. The van der Waals surface area contributed by atoms with Crippen molar-refractivity contribution in [2.24, 2.45) is 5.92 Å². The van der Waals surface area contributed by atoms with Crippen LogP contribution < -0.4 is 10.7 Å². The van der Waals surface area contributed by atoms with E-state index in [1.165, 1.54) is 32.1 Å². The van der Waals surface area contributed by atoms with Crippen LogP contribution in [-0.2, 0) is 6.54 Å². The summed E-state index contributed by atoms with van der Waals surface area (Å²) < 4.78 is 6.96. The minimum atomic E-state index is -0.650. The fourth-order valence-corrected chi connectivity index (χ4v) is 5.69. The van der Waals surface area contributed by atoms with Gasteiger partial charge in [0.2, 0.25) is 11.8 Å². The molecule has 1 unspecified atom stereocenters. The zero-order valence-corrected chi connectivity index (χ0v) is 20.6. The molecule has 1 saturated heterocycles. The maximum Gasteiger partial charge on any atom is 0.439 e. The number of hydrogen-bond acceptors (Lipinski definition) is 8. The molecule has 1 aliphatic carbocycles. The van der Waals surface area contributed by atoms with Crippen LogP contribution in [-0.4, -0.2) is 54.0 Å². The summed E-state index contributed by atoms with van der Waals surface area (Å²) in [7, 11) is 0. The van der Waals surface area contributed by atoms with Gasteiger partial charge < -0.3 is 14.6 Å². The lowest BCUT2D eigenvalue weighted by molar-refractivity contribution is 0.198. The van der Waals surface area contributed by atoms with E-state index in [-0.39, 0.29) is 11.9 Å². The Morgan fingerprint density at radius 3 is 2.72 bits per heavy atom. The maximum absolute atomic E-state index is 11.6. The minimum absolute atomic E-state index is 0.230. The number of nitrogens with zero attached hydrogens (tertiary/aromatic N) is 6. The van der Waals surface area contributed by atoms with Crippen molar-refractivity contribution in [1.29, 1.82) is 0 Å². The van der Waals surface area contributed by atoms with Gasteiger partial charge in [-0.05, 0) is 30.9 Å². The topological polar surface area (TPSA) is 126 Å². The molecule has 2 fully saturated rings. The van der Waals surface area contributed by atoms with Crippen LogP contribution in [0.4, 0.5) is 5.95 Å². The van der Waals surface area contributed by atoms with Crippen LogP contribution >= 0.6 is 11.6 Å². The van der Waals surface area contributed by atoms with Gasteiger partial charge in [-0.25, -0.2) is 14.8 Å². The zero-order valence-electron chi connectivity index (χ0n) is 19.9. The van der Waals surface area contributed by atoms with Crippen LogP contribution in [0, 0.1) is 5.92 Å². The lowest BCUT2D eigenvalue weighted by atomic mass is 9.87. The first-order valence-electron chi connectivity index (χ1n) is 12.6.